The highest BCUT2D eigenvalue weighted by Crippen LogP contribution is 2.30. The molecule has 0 aromatic heterocycles. The van der Waals surface area contributed by atoms with E-state index in [4.69, 9.17) is 0 Å². The second-order valence-electron chi connectivity index (χ2n) is 5.72. The highest BCUT2D eigenvalue weighted by molar-refractivity contribution is 5.84. The predicted octanol–water partition coefficient (Wildman–Crippen LogP) is 2.38. The summed E-state index contributed by atoms with van der Waals surface area (Å²) < 4.78 is 0. The molecule has 6 heteroatoms. The number of benzene rings is 1. The normalized spacial score (nSPS) is 22.1. The van der Waals surface area contributed by atoms with Crippen molar-refractivity contribution in [2.24, 2.45) is 5.92 Å². The molecule has 2 atom stereocenters. The lowest BCUT2D eigenvalue weighted by molar-refractivity contribution is -0.385. The quantitative estimate of drug-likeness (QED) is 0.682. The smallest absolute Gasteiger partial charge is 0.272 e. The molecule has 1 N–H and O–H groups in total. The third-order valence-electron chi connectivity index (χ3n) is 3.95. The first kappa shape index (κ1) is 15.4. The van der Waals surface area contributed by atoms with Crippen molar-refractivity contribution in [1.29, 1.82) is 0 Å². The van der Waals surface area contributed by atoms with E-state index in [1.54, 1.807) is 24.0 Å². The SMILES string of the molecule is CCN1C(=O)C(C(C)C)NC1c1ccc(C)c([N+](=O)[O-])c1. The summed E-state index contributed by atoms with van der Waals surface area (Å²) in [5, 5.41) is 14.4. The van der Waals surface area contributed by atoms with Crippen LogP contribution in [0.25, 0.3) is 0 Å². The molecular formula is C15H21N3O3. The number of carbonyl (C=O) groups excluding carboxylic acids is 1. The highest BCUT2D eigenvalue weighted by Gasteiger charge is 2.40. The highest BCUT2D eigenvalue weighted by atomic mass is 16.6. The van der Waals surface area contributed by atoms with Gasteiger partial charge in [0, 0.05) is 18.2 Å². The van der Waals surface area contributed by atoms with Crippen molar-refractivity contribution in [2.75, 3.05) is 6.54 Å². The summed E-state index contributed by atoms with van der Waals surface area (Å²) in [5.41, 5.74) is 1.47. The molecule has 1 saturated heterocycles. The first-order valence-corrected chi connectivity index (χ1v) is 7.18. The number of nitrogens with one attached hydrogen (secondary N) is 1. The van der Waals surface area contributed by atoms with Gasteiger partial charge in [0.05, 0.1) is 11.0 Å². The Morgan fingerprint density at radius 1 is 1.43 bits per heavy atom. The Morgan fingerprint density at radius 2 is 2.10 bits per heavy atom. The lowest BCUT2D eigenvalue weighted by Crippen LogP contribution is -2.34. The largest absolute Gasteiger partial charge is 0.322 e. The van der Waals surface area contributed by atoms with Crippen LogP contribution in [0.3, 0.4) is 0 Å². The fourth-order valence-electron chi connectivity index (χ4n) is 2.72. The van der Waals surface area contributed by atoms with Crippen LogP contribution in [0, 0.1) is 23.0 Å². The van der Waals surface area contributed by atoms with E-state index in [0.717, 1.165) is 5.56 Å². The maximum atomic E-state index is 12.4. The Balaban J connectivity index is 2.39. The second-order valence-corrected chi connectivity index (χ2v) is 5.72. The van der Waals surface area contributed by atoms with Gasteiger partial charge in [-0.15, -0.1) is 0 Å². The van der Waals surface area contributed by atoms with Gasteiger partial charge in [-0.1, -0.05) is 26.0 Å². The van der Waals surface area contributed by atoms with Crippen molar-refractivity contribution in [3.63, 3.8) is 0 Å². The van der Waals surface area contributed by atoms with Crippen molar-refractivity contribution in [3.8, 4) is 0 Å². The Hall–Kier alpha value is -1.95. The Kier molecular flexibility index (Phi) is 4.27. The second kappa shape index (κ2) is 5.81. The van der Waals surface area contributed by atoms with Gasteiger partial charge in [-0.3, -0.25) is 20.2 Å². The Bertz CT molecular complexity index is 571. The number of hydrogen-bond acceptors (Lipinski definition) is 4. The number of nitro groups is 1. The number of amides is 1. The van der Waals surface area contributed by atoms with Gasteiger partial charge >= 0.3 is 0 Å². The van der Waals surface area contributed by atoms with Gasteiger partial charge in [-0.25, -0.2) is 0 Å². The van der Waals surface area contributed by atoms with Gasteiger partial charge in [0.2, 0.25) is 5.91 Å². The Morgan fingerprint density at radius 3 is 2.62 bits per heavy atom. The van der Waals surface area contributed by atoms with Crippen LogP contribution < -0.4 is 5.32 Å². The molecule has 1 fully saturated rings. The van der Waals surface area contributed by atoms with Gasteiger partial charge in [-0.05, 0) is 25.3 Å². The van der Waals surface area contributed by atoms with E-state index in [-0.39, 0.29) is 34.6 Å². The van der Waals surface area contributed by atoms with E-state index >= 15 is 0 Å². The Labute approximate surface area is 124 Å². The molecule has 2 rings (SSSR count). The molecule has 0 saturated carbocycles. The molecule has 0 radical (unpaired) electrons. The molecule has 2 unspecified atom stereocenters. The van der Waals surface area contributed by atoms with Crippen LogP contribution >= 0.6 is 0 Å². The topological polar surface area (TPSA) is 75.5 Å². The number of nitro benzene ring substituents is 1. The number of nitrogens with zero attached hydrogens (tertiary/aromatic N) is 2. The predicted molar refractivity (Wildman–Crippen MR) is 79.7 cm³/mol. The van der Waals surface area contributed by atoms with Crippen LogP contribution in [0.1, 0.15) is 38.1 Å². The standard InChI is InChI=1S/C15H21N3O3/c1-5-17-14(16-13(9(2)3)15(17)19)11-7-6-10(4)12(8-11)18(20)21/h6-9,13-14,16H,5H2,1-4H3. The summed E-state index contributed by atoms with van der Waals surface area (Å²) in [6, 6.07) is 4.90. The molecule has 1 aliphatic rings. The molecular weight excluding hydrogens is 270 g/mol. The number of aryl methyl sites for hydroxylation is 1. The van der Waals surface area contributed by atoms with E-state index in [0.29, 0.717) is 12.1 Å². The minimum absolute atomic E-state index is 0.0562. The minimum atomic E-state index is -0.383. The van der Waals surface area contributed by atoms with Crippen molar-refractivity contribution in [3.05, 3.63) is 39.4 Å². The van der Waals surface area contributed by atoms with Gasteiger partial charge in [0.1, 0.15) is 6.17 Å². The van der Waals surface area contributed by atoms with E-state index in [2.05, 4.69) is 5.32 Å². The van der Waals surface area contributed by atoms with Crippen LogP contribution in [0.5, 0.6) is 0 Å². The monoisotopic (exact) mass is 291 g/mol. The van der Waals surface area contributed by atoms with Crippen LogP contribution in [-0.2, 0) is 4.79 Å². The molecule has 114 valence electrons. The van der Waals surface area contributed by atoms with Gasteiger partial charge in [0.15, 0.2) is 0 Å². The van der Waals surface area contributed by atoms with Gasteiger partial charge < -0.3 is 4.90 Å². The van der Waals surface area contributed by atoms with Gasteiger partial charge in [-0.2, -0.15) is 0 Å². The van der Waals surface area contributed by atoms with Crippen LogP contribution in [0.15, 0.2) is 18.2 Å². The summed E-state index contributed by atoms with van der Waals surface area (Å²) in [7, 11) is 0. The lowest BCUT2D eigenvalue weighted by atomic mass is 10.0. The van der Waals surface area contributed by atoms with Crippen molar-refractivity contribution in [2.45, 2.75) is 39.9 Å². The molecule has 6 nitrogen and oxygen atoms in total. The fraction of sp³-hybridized carbons (Fsp3) is 0.533. The fourth-order valence-corrected chi connectivity index (χ4v) is 2.72. The number of likely N-dealkylation sites (N-methyl/N-ethyl adjacent to an activating group) is 1. The molecule has 1 amide bonds. The summed E-state index contributed by atoms with van der Waals surface area (Å²) in [4.78, 5) is 24.8. The van der Waals surface area contributed by atoms with Crippen LogP contribution in [0.2, 0.25) is 0 Å². The van der Waals surface area contributed by atoms with Crippen LogP contribution in [0.4, 0.5) is 5.69 Å². The number of hydrogen-bond donors (Lipinski definition) is 1. The maximum Gasteiger partial charge on any atom is 0.272 e. The summed E-state index contributed by atoms with van der Waals surface area (Å²) in [5.74, 6) is 0.234. The zero-order valence-corrected chi connectivity index (χ0v) is 12.8. The zero-order chi connectivity index (χ0) is 15.7. The molecule has 0 spiro atoms. The summed E-state index contributed by atoms with van der Waals surface area (Å²) in [6.07, 6.45) is -0.297. The lowest BCUT2D eigenvalue weighted by Gasteiger charge is -2.22. The molecule has 1 aliphatic heterocycles. The first-order valence-electron chi connectivity index (χ1n) is 7.18. The summed E-state index contributed by atoms with van der Waals surface area (Å²) in [6.45, 7) is 8.18. The number of carbonyl (C=O) groups is 1. The maximum absolute atomic E-state index is 12.4. The number of rotatable bonds is 4. The van der Waals surface area contributed by atoms with Crippen LogP contribution in [-0.4, -0.2) is 28.3 Å². The average Bonchev–Trinajstić information content (AvgIpc) is 2.76. The first-order chi connectivity index (χ1) is 9.86. The van der Waals surface area contributed by atoms with Crippen molar-refractivity contribution < 1.29 is 9.72 Å². The molecule has 1 aromatic carbocycles. The zero-order valence-electron chi connectivity index (χ0n) is 12.8. The molecule has 1 heterocycles. The third kappa shape index (κ3) is 2.76. The van der Waals surface area contributed by atoms with E-state index in [9.17, 15) is 14.9 Å². The van der Waals surface area contributed by atoms with E-state index in [1.165, 1.54) is 0 Å². The van der Waals surface area contributed by atoms with Crippen molar-refractivity contribution in [1.82, 2.24) is 10.2 Å². The molecule has 21 heavy (non-hydrogen) atoms. The summed E-state index contributed by atoms with van der Waals surface area (Å²) >= 11 is 0. The molecule has 1 aromatic rings. The average molecular weight is 291 g/mol. The van der Waals surface area contributed by atoms with Crippen molar-refractivity contribution >= 4 is 11.6 Å². The third-order valence-corrected chi connectivity index (χ3v) is 3.95. The molecule has 0 aliphatic carbocycles. The van der Waals surface area contributed by atoms with E-state index in [1.807, 2.05) is 26.8 Å². The minimum Gasteiger partial charge on any atom is -0.322 e. The van der Waals surface area contributed by atoms with E-state index < -0.39 is 0 Å². The van der Waals surface area contributed by atoms with Gasteiger partial charge in [0.25, 0.3) is 5.69 Å². The molecule has 0 bridgehead atoms.